The number of aromatic nitrogens is 5. The molecule has 0 bridgehead atoms. The highest BCUT2D eigenvalue weighted by atomic mass is 16.3. The minimum absolute atomic E-state index is 0.0539. The van der Waals surface area contributed by atoms with Gasteiger partial charge in [0.2, 0.25) is 5.95 Å². The molecule has 0 saturated heterocycles. The normalized spacial score (nSPS) is 13.6. The monoisotopic (exact) mass is 659 g/mol. The van der Waals surface area contributed by atoms with Gasteiger partial charge in [-0.2, -0.15) is 9.97 Å². The molecule has 238 valence electrons. The highest BCUT2D eigenvalue weighted by molar-refractivity contribution is 6.10. The topological polar surface area (TPSA) is 61.7 Å². The van der Waals surface area contributed by atoms with Crippen LogP contribution in [-0.2, 0) is 0 Å². The predicted octanol–water partition coefficient (Wildman–Crippen LogP) is 11.3. The van der Waals surface area contributed by atoms with Gasteiger partial charge in [0.1, 0.15) is 11.2 Å². The third kappa shape index (κ3) is 4.20. The van der Waals surface area contributed by atoms with Gasteiger partial charge in [0.05, 0.1) is 30.3 Å². The van der Waals surface area contributed by atoms with E-state index in [2.05, 4.69) is 28.8 Å². The molecule has 0 aliphatic rings. The Morgan fingerprint density at radius 3 is 1.75 bits per heavy atom. The van der Waals surface area contributed by atoms with Crippen LogP contribution in [0.3, 0.4) is 0 Å². The Kier molecular flexibility index (Phi) is 4.74. The summed E-state index contributed by atoms with van der Waals surface area (Å²) >= 11 is 0. The smallest absolute Gasteiger partial charge is 0.238 e. The summed E-state index contributed by atoms with van der Waals surface area (Å²) in [6.45, 7) is 0. The molecule has 11 rings (SSSR count). The maximum atomic E-state index is 9.06. The van der Waals surface area contributed by atoms with Crippen LogP contribution in [0.25, 0.3) is 100.0 Å². The molecule has 4 aromatic heterocycles. The first-order valence-corrected chi connectivity index (χ1v) is 16.5. The standard InChI is InChI=1S/C45H27N5O/c1-6-19-37-31(14-1)32-15-2-7-20-38(32)49(37)30-13-11-12-28(26-30)43-46-44(29-24-25-36-35-18-5-10-23-41(35)51-42(36)27-29)48-45(47-43)50-39-21-8-3-16-33(39)34-17-4-9-22-40(34)50/h1-27H/i3D,4D,16D,17D,21D,22D. The lowest BCUT2D eigenvalue weighted by molar-refractivity contribution is 0.669. The molecule has 4 heterocycles. The first-order valence-electron chi connectivity index (χ1n) is 19.5. The largest absolute Gasteiger partial charge is 0.456 e. The van der Waals surface area contributed by atoms with E-state index in [0.717, 1.165) is 43.8 Å². The second-order valence-corrected chi connectivity index (χ2v) is 12.4. The average Bonchev–Trinajstić information content (AvgIpc) is 3.90. The molecule has 0 aliphatic carbocycles. The van der Waals surface area contributed by atoms with Gasteiger partial charge in [-0.25, -0.2) is 4.98 Å². The molecule has 0 aliphatic heterocycles. The highest BCUT2D eigenvalue weighted by Gasteiger charge is 2.19. The fraction of sp³-hybridized carbons (Fsp3) is 0. The second-order valence-electron chi connectivity index (χ2n) is 12.4. The van der Waals surface area contributed by atoms with Gasteiger partial charge < -0.3 is 8.98 Å². The lowest BCUT2D eigenvalue weighted by Gasteiger charge is -2.12. The summed E-state index contributed by atoms with van der Waals surface area (Å²) in [5.41, 5.74) is 6.00. The van der Waals surface area contributed by atoms with Gasteiger partial charge in [0.15, 0.2) is 11.6 Å². The van der Waals surface area contributed by atoms with E-state index >= 15 is 0 Å². The number of nitrogens with zero attached hydrogens (tertiary/aromatic N) is 5. The van der Waals surface area contributed by atoms with Crippen molar-refractivity contribution in [2.75, 3.05) is 0 Å². The van der Waals surface area contributed by atoms with Gasteiger partial charge in [-0.1, -0.05) is 109 Å². The number of hydrogen-bond acceptors (Lipinski definition) is 4. The summed E-state index contributed by atoms with van der Waals surface area (Å²) in [6.07, 6.45) is 0. The highest BCUT2D eigenvalue weighted by Crippen LogP contribution is 2.36. The fourth-order valence-electron chi connectivity index (χ4n) is 7.29. The van der Waals surface area contributed by atoms with Gasteiger partial charge in [-0.3, -0.25) is 4.57 Å². The molecule has 0 radical (unpaired) electrons. The molecule has 11 aromatic rings. The first kappa shape index (κ1) is 22.6. The number of para-hydroxylation sites is 5. The Morgan fingerprint density at radius 2 is 1.04 bits per heavy atom. The summed E-state index contributed by atoms with van der Waals surface area (Å²) in [5.74, 6) is 0.652. The van der Waals surface area contributed by atoms with Crippen molar-refractivity contribution >= 4 is 65.6 Å². The fourth-order valence-corrected chi connectivity index (χ4v) is 7.29. The lowest BCUT2D eigenvalue weighted by atomic mass is 10.1. The molecule has 0 saturated carbocycles. The maximum Gasteiger partial charge on any atom is 0.238 e. The van der Waals surface area contributed by atoms with Gasteiger partial charge in [-0.15, -0.1) is 0 Å². The molecule has 6 nitrogen and oxygen atoms in total. The quantitative estimate of drug-likeness (QED) is 0.189. The maximum absolute atomic E-state index is 9.06. The molecule has 51 heavy (non-hydrogen) atoms. The average molecular weight is 660 g/mol. The van der Waals surface area contributed by atoms with Crippen LogP contribution in [-0.4, -0.2) is 24.1 Å². The summed E-state index contributed by atoms with van der Waals surface area (Å²) < 4.78 is 62.8. The van der Waals surface area contributed by atoms with Gasteiger partial charge >= 0.3 is 0 Å². The Labute approximate surface area is 299 Å². The number of benzene rings is 7. The zero-order chi connectivity index (χ0) is 38.7. The van der Waals surface area contributed by atoms with Crippen LogP contribution in [0.15, 0.2) is 168 Å². The molecule has 0 fully saturated rings. The summed E-state index contributed by atoms with van der Waals surface area (Å²) in [4.78, 5) is 15.1. The number of hydrogen-bond donors (Lipinski definition) is 0. The Hall–Kier alpha value is -7.05. The van der Waals surface area contributed by atoms with Crippen molar-refractivity contribution in [1.82, 2.24) is 24.1 Å². The predicted molar refractivity (Wildman–Crippen MR) is 207 cm³/mol. The van der Waals surface area contributed by atoms with Crippen molar-refractivity contribution in [3.05, 3.63) is 164 Å². The van der Waals surface area contributed by atoms with E-state index in [1.807, 2.05) is 91.0 Å². The van der Waals surface area contributed by atoms with Crippen LogP contribution in [0.5, 0.6) is 0 Å². The van der Waals surface area contributed by atoms with E-state index in [-0.39, 0.29) is 64.0 Å². The van der Waals surface area contributed by atoms with Crippen molar-refractivity contribution in [2.45, 2.75) is 0 Å². The summed E-state index contributed by atoms with van der Waals surface area (Å²) in [5, 5.41) is 4.41. The Morgan fingerprint density at radius 1 is 0.431 bits per heavy atom. The van der Waals surface area contributed by atoms with E-state index in [1.54, 1.807) is 0 Å². The Balaban J connectivity index is 1.21. The third-order valence-electron chi connectivity index (χ3n) is 9.53. The minimum atomic E-state index is -0.216. The van der Waals surface area contributed by atoms with Gasteiger partial charge in [-0.05, 0) is 54.5 Å². The van der Waals surface area contributed by atoms with E-state index in [4.69, 9.17) is 27.6 Å². The molecule has 0 spiro atoms. The lowest BCUT2D eigenvalue weighted by Crippen LogP contribution is -2.06. The van der Waals surface area contributed by atoms with Crippen molar-refractivity contribution < 1.29 is 12.6 Å². The molecular formula is C45H27N5O. The van der Waals surface area contributed by atoms with Crippen molar-refractivity contribution in [2.24, 2.45) is 0 Å². The molecule has 0 N–H and O–H groups in total. The number of rotatable bonds is 4. The molecule has 0 amide bonds. The van der Waals surface area contributed by atoms with E-state index in [0.29, 0.717) is 28.4 Å². The van der Waals surface area contributed by atoms with Crippen LogP contribution in [0.2, 0.25) is 0 Å². The summed E-state index contributed by atoms with van der Waals surface area (Å²) in [7, 11) is 0. The number of fused-ring (bicyclic) bond motifs is 9. The Bertz CT molecular complexity index is 3390. The molecular weight excluding hydrogens is 627 g/mol. The van der Waals surface area contributed by atoms with Crippen LogP contribution >= 0.6 is 0 Å². The molecule has 7 aromatic carbocycles. The van der Waals surface area contributed by atoms with Crippen molar-refractivity contribution in [3.8, 4) is 34.4 Å². The zero-order valence-electron chi connectivity index (χ0n) is 32.8. The minimum Gasteiger partial charge on any atom is -0.456 e. The van der Waals surface area contributed by atoms with Crippen molar-refractivity contribution in [3.63, 3.8) is 0 Å². The summed E-state index contributed by atoms with van der Waals surface area (Å²) in [6, 6.07) is 39.6. The van der Waals surface area contributed by atoms with Crippen LogP contribution in [0.4, 0.5) is 0 Å². The van der Waals surface area contributed by atoms with Crippen LogP contribution < -0.4 is 0 Å². The first-order chi connectivity index (χ1) is 27.7. The van der Waals surface area contributed by atoms with Crippen molar-refractivity contribution in [1.29, 1.82) is 0 Å². The van der Waals surface area contributed by atoms with Gasteiger partial charge in [0.25, 0.3) is 0 Å². The SMILES string of the molecule is [2H]c1cc([2H])c2c(c1[2H])c1c([2H])c([2H])cc([2H])c1n2-c1nc(-c2cccc(-n3c4ccccc4c4ccccc43)c2)nc(-c2ccc3c(c2)oc2ccccc23)n1. The molecule has 6 heteroatoms. The van der Waals surface area contributed by atoms with Crippen LogP contribution in [0, 0.1) is 0 Å². The van der Waals surface area contributed by atoms with Gasteiger partial charge in [0, 0.05) is 49.1 Å². The molecule has 0 unspecified atom stereocenters. The van der Waals surface area contributed by atoms with Crippen LogP contribution in [0.1, 0.15) is 8.22 Å². The number of furan rings is 1. The van der Waals surface area contributed by atoms with E-state index in [1.165, 1.54) is 16.7 Å². The second kappa shape index (κ2) is 10.7. The van der Waals surface area contributed by atoms with E-state index < -0.39 is 0 Å². The third-order valence-corrected chi connectivity index (χ3v) is 9.53. The van der Waals surface area contributed by atoms with E-state index in [9.17, 15) is 0 Å². The molecule has 0 atom stereocenters. The zero-order valence-corrected chi connectivity index (χ0v) is 26.8.